The molecule has 1 heterocycles. The third kappa shape index (κ3) is 6.30. The van der Waals surface area contributed by atoms with Crippen LogP contribution >= 0.6 is 0 Å². The van der Waals surface area contributed by atoms with Crippen LogP contribution in [0.3, 0.4) is 0 Å². The molecule has 0 unspecified atom stereocenters. The van der Waals surface area contributed by atoms with Gasteiger partial charge in [0.05, 0.1) is 24.2 Å². The molecule has 1 amide bonds. The molecular formula is C24H28N4O2. The number of hydrogen-bond donors (Lipinski definition) is 2. The maximum atomic E-state index is 12.4. The standard InChI is InChI=1S/C24H28N4O2/c1-2-3-4-9-16-30-23-13-8-5-10-19(23)17-27-20-11-6-7-12-21(20)28-24(29)22-18-25-14-15-26-22/h5-8,10-15,18,27H,2-4,9,16-17H2,1H3,(H,28,29). The zero-order valence-electron chi connectivity index (χ0n) is 17.3. The second-order valence-corrected chi connectivity index (χ2v) is 6.96. The normalized spacial score (nSPS) is 10.4. The van der Waals surface area contributed by atoms with Gasteiger partial charge in [-0.3, -0.25) is 9.78 Å². The van der Waals surface area contributed by atoms with Crippen molar-refractivity contribution in [2.45, 2.75) is 39.2 Å². The van der Waals surface area contributed by atoms with Crippen molar-refractivity contribution in [2.24, 2.45) is 0 Å². The van der Waals surface area contributed by atoms with E-state index >= 15 is 0 Å². The van der Waals surface area contributed by atoms with Crippen molar-refractivity contribution in [3.8, 4) is 5.75 Å². The van der Waals surface area contributed by atoms with Gasteiger partial charge in [0.25, 0.3) is 5.91 Å². The lowest BCUT2D eigenvalue weighted by atomic mass is 10.2. The van der Waals surface area contributed by atoms with Crippen LogP contribution in [0.2, 0.25) is 0 Å². The van der Waals surface area contributed by atoms with E-state index in [0.29, 0.717) is 12.2 Å². The van der Waals surface area contributed by atoms with Crippen molar-refractivity contribution >= 4 is 17.3 Å². The van der Waals surface area contributed by atoms with Crippen molar-refractivity contribution in [1.29, 1.82) is 0 Å². The minimum absolute atomic E-state index is 0.272. The van der Waals surface area contributed by atoms with Gasteiger partial charge < -0.3 is 15.4 Å². The molecule has 0 aliphatic rings. The summed E-state index contributed by atoms with van der Waals surface area (Å²) in [6, 6.07) is 15.6. The molecule has 0 bridgehead atoms. The summed E-state index contributed by atoms with van der Waals surface area (Å²) in [6.45, 7) is 3.51. The van der Waals surface area contributed by atoms with E-state index in [0.717, 1.165) is 30.0 Å². The molecule has 156 valence electrons. The Morgan fingerprint density at radius 1 is 0.967 bits per heavy atom. The van der Waals surface area contributed by atoms with Gasteiger partial charge in [0.2, 0.25) is 0 Å². The zero-order valence-corrected chi connectivity index (χ0v) is 17.3. The Morgan fingerprint density at radius 3 is 2.57 bits per heavy atom. The molecular weight excluding hydrogens is 376 g/mol. The summed E-state index contributed by atoms with van der Waals surface area (Å²) in [5.41, 5.74) is 2.86. The second-order valence-electron chi connectivity index (χ2n) is 6.96. The first-order valence-electron chi connectivity index (χ1n) is 10.4. The van der Waals surface area contributed by atoms with Crippen molar-refractivity contribution < 1.29 is 9.53 Å². The Morgan fingerprint density at radius 2 is 1.77 bits per heavy atom. The van der Waals surface area contributed by atoms with E-state index in [1.165, 1.54) is 37.9 Å². The highest BCUT2D eigenvalue weighted by atomic mass is 16.5. The van der Waals surface area contributed by atoms with Crippen LogP contribution in [0.4, 0.5) is 11.4 Å². The van der Waals surface area contributed by atoms with Gasteiger partial charge in [-0.25, -0.2) is 4.98 Å². The van der Waals surface area contributed by atoms with Gasteiger partial charge in [-0.15, -0.1) is 0 Å². The molecule has 0 aliphatic heterocycles. The minimum Gasteiger partial charge on any atom is -0.493 e. The molecule has 3 rings (SSSR count). The number of carbonyl (C=O) groups excluding carboxylic acids is 1. The summed E-state index contributed by atoms with van der Waals surface area (Å²) in [5.74, 6) is 0.593. The first-order valence-corrected chi connectivity index (χ1v) is 10.4. The van der Waals surface area contributed by atoms with Crippen molar-refractivity contribution in [1.82, 2.24) is 9.97 Å². The molecule has 0 saturated heterocycles. The number of ether oxygens (including phenoxy) is 1. The average Bonchev–Trinajstić information content (AvgIpc) is 2.79. The van der Waals surface area contributed by atoms with Gasteiger partial charge in [-0.05, 0) is 24.6 Å². The van der Waals surface area contributed by atoms with Crippen molar-refractivity contribution in [2.75, 3.05) is 17.2 Å². The molecule has 0 fully saturated rings. The summed E-state index contributed by atoms with van der Waals surface area (Å²) < 4.78 is 6.00. The number of para-hydroxylation sites is 3. The number of anilines is 2. The molecule has 2 N–H and O–H groups in total. The van der Waals surface area contributed by atoms with Crippen LogP contribution in [0.25, 0.3) is 0 Å². The number of carbonyl (C=O) groups is 1. The molecule has 6 heteroatoms. The van der Waals surface area contributed by atoms with Gasteiger partial charge in [0.15, 0.2) is 0 Å². The van der Waals surface area contributed by atoms with Crippen LogP contribution < -0.4 is 15.4 Å². The maximum absolute atomic E-state index is 12.4. The Labute approximate surface area is 177 Å². The van der Waals surface area contributed by atoms with Gasteiger partial charge in [0, 0.05) is 24.5 Å². The first kappa shape index (κ1) is 21.3. The third-order valence-electron chi connectivity index (χ3n) is 4.67. The summed E-state index contributed by atoms with van der Waals surface area (Å²) in [4.78, 5) is 20.4. The lowest BCUT2D eigenvalue weighted by Crippen LogP contribution is -2.15. The molecule has 0 saturated carbocycles. The molecule has 0 aliphatic carbocycles. The van der Waals surface area contributed by atoms with E-state index in [4.69, 9.17) is 4.74 Å². The minimum atomic E-state index is -0.298. The summed E-state index contributed by atoms with van der Waals surface area (Å²) in [6.07, 6.45) is 9.19. The third-order valence-corrected chi connectivity index (χ3v) is 4.67. The summed E-state index contributed by atoms with van der Waals surface area (Å²) in [7, 11) is 0. The highest BCUT2D eigenvalue weighted by Crippen LogP contribution is 2.25. The Hall–Kier alpha value is -3.41. The van der Waals surface area contributed by atoms with E-state index in [1.54, 1.807) is 0 Å². The lowest BCUT2D eigenvalue weighted by Gasteiger charge is -2.15. The molecule has 3 aromatic rings. The van der Waals surface area contributed by atoms with Gasteiger partial charge in [-0.1, -0.05) is 56.5 Å². The smallest absolute Gasteiger partial charge is 0.275 e. The van der Waals surface area contributed by atoms with Gasteiger partial charge >= 0.3 is 0 Å². The number of rotatable bonds is 11. The van der Waals surface area contributed by atoms with Crippen LogP contribution in [-0.4, -0.2) is 22.5 Å². The van der Waals surface area contributed by atoms with Crippen molar-refractivity contribution in [3.63, 3.8) is 0 Å². The molecule has 6 nitrogen and oxygen atoms in total. The summed E-state index contributed by atoms with van der Waals surface area (Å²) in [5, 5.41) is 6.30. The largest absolute Gasteiger partial charge is 0.493 e. The number of unbranched alkanes of at least 4 members (excludes halogenated alkanes) is 3. The SMILES string of the molecule is CCCCCCOc1ccccc1CNc1ccccc1NC(=O)c1cnccn1. The van der Waals surface area contributed by atoms with E-state index in [-0.39, 0.29) is 11.6 Å². The highest BCUT2D eigenvalue weighted by molar-refractivity contribution is 6.04. The number of benzene rings is 2. The molecule has 0 atom stereocenters. The second kappa shape index (κ2) is 11.6. The number of nitrogens with one attached hydrogen (secondary N) is 2. The van der Waals surface area contributed by atoms with E-state index in [9.17, 15) is 4.79 Å². The van der Waals surface area contributed by atoms with Gasteiger partial charge in [-0.2, -0.15) is 0 Å². The van der Waals surface area contributed by atoms with Crippen molar-refractivity contribution in [3.05, 3.63) is 78.4 Å². The predicted molar refractivity (Wildman–Crippen MR) is 120 cm³/mol. The van der Waals surface area contributed by atoms with E-state index in [2.05, 4.69) is 33.6 Å². The van der Waals surface area contributed by atoms with Crippen LogP contribution in [0, 0.1) is 0 Å². The van der Waals surface area contributed by atoms with Crippen LogP contribution in [0.15, 0.2) is 67.1 Å². The monoisotopic (exact) mass is 404 g/mol. The van der Waals surface area contributed by atoms with E-state index in [1.807, 2.05) is 42.5 Å². The van der Waals surface area contributed by atoms with Crippen LogP contribution in [-0.2, 0) is 6.54 Å². The highest BCUT2D eigenvalue weighted by Gasteiger charge is 2.11. The van der Waals surface area contributed by atoms with Crippen LogP contribution in [0.1, 0.15) is 48.7 Å². The molecule has 30 heavy (non-hydrogen) atoms. The fourth-order valence-electron chi connectivity index (χ4n) is 3.04. The average molecular weight is 405 g/mol. The Kier molecular flexibility index (Phi) is 8.21. The first-order chi connectivity index (χ1) is 14.8. The molecule has 2 aromatic carbocycles. The van der Waals surface area contributed by atoms with Gasteiger partial charge in [0.1, 0.15) is 11.4 Å². The quantitative estimate of drug-likeness (QED) is 0.424. The number of aromatic nitrogens is 2. The topological polar surface area (TPSA) is 76.1 Å². The Bertz CT molecular complexity index is 931. The molecule has 1 aromatic heterocycles. The Balaban J connectivity index is 1.62. The molecule has 0 radical (unpaired) electrons. The molecule has 0 spiro atoms. The number of hydrogen-bond acceptors (Lipinski definition) is 5. The number of nitrogens with zero attached hydrogens (tertiary/aromatic N) is 2. The van der Waals surface area contributed by atoms with E-state index < -0.39 is 0 Å². The predicted octanol–water partition coefficient (Wildman–Crippen LogP) is 5.30. The number of amides is 1. The fourth-order valence-corrected chi connectivity index (χ4v) is 3.04. The summed E-state index contributed by atoms with van der Waals surface area (Å²) >= 11 is 0. The fraction of sp³-hybridized carbons (Fsp3) is 0.292. The zero-order chi connectivity index (χ0) is 21.0. The van der Waals surface area contributed by atoms with Crippen LogP contribution in [0.5, 0.6) is 5.75 Å². The maximum Gasteiger partial charge on any atom is 0.275 e. The lowest BCUT2D eigenvalue weighted by molar-refractivity contribution is 0.102.